The molecule has 2 aliphatic rings. The number of hydrogen-bond acceptors (Lipinski definition) is 5. The van der Waals surface area contributed by atoms with Crippen molar-refractivity contribution in [2.45, 2.75) is 26.1 Å². The van der Waals surface area contributed by atoms with Gasteiger partial charge in [-0.25, -0.2) is 0 Å². The normalized spacial score (nSPS) is 28.3. The van der Waals surface area contributed by atoms with E-state index in [1.807, 2.05) is 32.1 Å². The Morgan fingerprint density at radius 1 is 1.38 bits per heavy atom. The Kier molecular flexibility index (Phi) is 4.40. The molecule has 0 radical (unpaired) electrons. The average molecular weight is 343 g/mol. The summed E-state index contributed by atoms with van der Waals surface area (Å²) in [6, 6.07) is 3.74. The van der Waals surface area contributed by atoms with Gasteiger partial charge in [-0.2, -0.15) is 4.99 Å². The number of carbonyl (C=O) groups is 1. The molecule has 0 bridgehead atoms. The summed E-state index contributed by atoms with van der Waals surface area (Å²) in [6.45, 7) is 5.60. The first kappa shape index (κ1) is 15.1. The van der Waals surface area contributed by atoms with E-state index in [9.17, 15) is 4.79 Å². The molecular formula is C14H15ClN2O2S2. The number of amidine groups is 1. The molecule has 1 aromatic rings. The van der Waals surface area contributed by atoms with E-state index < -0.39 is 0 Å². The fraction of sp³-hybridized carbons (Fsp3) is 0.429. The van der Waals surface area contributed by atoms with Gasteiger partial charge < -0.3 is 9.64 Å². The van der Waals surface area contributed by atoms with Crippen molar-refractivity contribution in [2.75, 3.05) is 13.1 Å². The van der Waals surface area contributed by atoms with Crippen LogP contribution in [0.2, 0.25) is 4.34 Å². The van der Waals surface area contributed by atoms with E-state index in [0.717, 1.165) is 23.1 Å². The van der Waals surface area contributed by atoms with Gasteiger partial charge in [0.05, 0.1) is 21.4 Å². The van der Waals surface area contributed by atoms with Crippen LogP contribution in [0.5, 0.6) is 0 Å². The molecule has 1 saturated heterocycles. The molecule has 2 atom stereocenters. The molecule has 3 heterocycles. The van der Waals surface area contributed by atoms with Gasteiger partial charge in [-0.1, -0.05) is 11.6 Å². The predicted molar refractivity (Wildman–Crippen MR) is 88.9 cm³/mol. The molecular weight excluding hydrogens is 328 g/mol. The van der Waals surface area contributed by atoms with E-state index in [1.165, 1.54) is 23.1 Å². The van der Waals surface area contributed by atoms with Gasteiger partial charge in [0.1, 0.15) is 0 Å². The summed E-state index contributed by atoms with van der Waals surface area (Å²) in [4.78, 5) is 20.0. The topological polar surface area (TPSA) is 41.9 Å². The Morgan fingerprint density at radius 3 is 2.71 bits per heavy atom. The zero-order chi connectivity index (χ0) is 15.0. The summed E-state index contributed by atoms with van der Waals surface area (Å²) in [6.07, 6.45) is 2.15. The molecule has 0 unspecified atom stereocenters. The number of thioether (sulfide) groups is 1. The first-order valence-corrected chi connectivity index (χ1v) is 8.70. The highest BCUT2D eigenvalue weighted by molar-refractivity contribution is 8.18. The third-order valence-corrected chi connectivity index (χ3v) is 5.39. The Balaban J connectivity index is 1.74. The number of morpholine rings is 1. The molecule has 112 valence electrons. The number of aliphatic imine (C=N–C) groups is 1. The second kappa shape index (κ2) is 6.12. The van der Waals surface area contributed by atoms with E-state index in [4.69, 9.17) is 16.3 Å². The number of ether oxygens (including phenoxy) is 1. The number of halogens is 1. The Bertz CT molecular complexity index is 616. The van der Waals surface area contributed by atoms with Crippen molar-refractivity contribution in [1.82, 2.24) is 4.90 Å². The van der Waals surface area contributed by atoms with Gasteiger partial charge in [0, 0.05) is 18.0 Å². The number of carbonyl (C=O) groups excluding carboxylic acids is 1. The number of thiophene rings is 1. The second-order valence-electron chi connectivity index (χ2n) is 5.11. The molecule has 3 rings (SSSR count). The SMILES string of the molecule is C[C@@H]1CN(C2=NC(=O)/C(=C\c3ccc(Cl)s3)S2)C[C@H](C)O1. The highest BCUT2D eigenvalue weighted by Gasteiger charge is 2.31. The summed E-state index contributed by atoms with van der Waals surface area (Å²) in [5, 5.41) is 0.774. The van der Waals surface area contributed by atoms with E-state index in [1.54, 1.807) is 0 Å². The minimum absolute atomic E-state index is 0.149. The summed E-state index contributed by atoms with van der Waals surface area (Å²) in [5.41, 5.74) is 0. The third kappa shape index (κ3) is 3.51. The summed E-state index contributed by atoms with van der Waals surface area (Å²) >= 11 is 8.79. The van der Waals surface area contributed by atoms with Crippen LogP contribution in [-0.2, 0) is 9.53 Å². The quantitative estimate of drug-likeness (QED) is 0.733. The van der Waals surface area contributed by atoms with Gasteiger partial charge in [-0.15, -0.1) is 11.3 Å². The van der Waals surface area contributed by atoms with Gasteiger partial charge in [0.2, 0.25) is 0 Å². The van der Waals surface area contributed by atoms with Crippen molar-refractivity contribution in [3.63, 3.8) is 0 Å². The number of rotatable bonds is 1. The molecule has 1 fully saturated rings. The highest BCUT2D eigenvalue weighted by atomic mass is 35.5. The lowest BCUT2D eigenvalue weighted by Crippen LogP contribution is -2.47. The molecule has 1 aromatic heterocycles. The van der Waals surface area contributed by atoms with Crippen molar-refractivity contribution in [1.29, 1.82) is 0 Å². The lowest BCUT2D eigenvalue weighted by Gasteiger charge is -2.35. The molecule has 0 saturated carbocycles. The van der Waals surface area contributed by atoms with Gasteiger partial charge in [0.15, 0.2) is 5.17 Å². The average Bonchev–Trinajstić information content (AvgIpc) is 2.96. The molecule has 0 aromatic carbocycles. The molecule has 2 aliphatic heterocycles. The van der Waals surface area contributed by atoms with Crippen molar-refractivity contribution < 1.29 is 9.53 Å². The first-order chi connectivity index (χ1) is 10.0. The van der Waals surface area contributed by atoms with E-state index in [0.29, 0.717) is 9.24 Å². The number of hydrogen-bond donors (Lipinski definition) is 0. The molecule has 1 amide bonds. The van der Waals surface area contributed by atoms with Gasteiger partial charge >= 0.3 is 0 Å². The van der Waals surface area contributed by atoms with Crippen LogP contribution in [0.25, 0.3) is 6.08 Å². The smallest absolute Gasteiger partial charge is 0.286 e. The third-order valence-electron chi connectivity index (χ3n) is 3.17. The van der Waals surface area contributed by atoms with Crippen LogP contribution in [-0.4, -0.2) is 41.3 Å². The maximum Gasteiger partial charge on any atom is 0.286 e. The van der Waals surface area contributed by atoms with Gasteiger partial charge in [0.25, 0.3) is 5.91 Å². The van der Waals surface area contributed by atoms with Crippen LogP contribution in [0.3, 0.4) is 0 Å². The van der Waals surface area contributed by atoms with Gasteiger partial charge in [-0.3, -0.25) is 4.79 Å². The van der Waals surface area contributed by atoms with Crippen molar-refractivity contribution >= 4 is 51.9 Å². The second-order valence-corrected chi connectivity index (χ2v) is 7.87. The molecule has 0 spiro atoms. The zero-order valence-corrected chi connectivity index (χ0v) is 14.1. The van der Waals surface area contributed by atoms with Crippen molar-refractivity contribution in [3.05, 3.63) is 26.3 Å². The molecule has 7 heteroatoms. The number of amides is 1. The Hall–Kier alpha value is -0.820. The van der Waals surface area contributed by atoms with E-state index in [-0.39, 0.29) is 18.1 Å². The Morgan fingerprint density at radius 2 is 2.10 bits per heavy atom. The molecule has 0 aliphatic carbocycles. The fourth-order valence-corrected chi connectivity index (χ4v) is 4.40. The van der Waals surface area contributed by atoms with E-state index in [2.05, 4.69) is 9.89 Å². The zero-order valence-electron chi connectivity index (χ0n) is 11.7. The molecule has 0 N–H and O–H groups in total. The van der Waals surface area contributed by atoms with Crippen LogP contribution in [0.4, 0.5) is 0 Å². The van der Waals surface area contributed by atoms with Crippen LogP contribution in [0, 0.1) is 0 Å². The van der Waals surface area contributed by atoms with Crippen LogP contribution < -0.4 is 0 Å². The van der Waals surface area contributed by atoms with Crippen molar-refractivity contribution in [3.8, 4) is 0 Å². The lowest BCUT2D eigenvalue weighted by atomic mass is 10.2. The van der Waals surface area contributed by atoms with E-state index >= 15 is 0 Å². The maximum atomic E-state index is 12.0. The molecule has 21 heavy (non-hydrogen) atoms. The largest absolute Gasteiger partial charge is 0.372 e. The summed E-state index contributed by atoms with van der Waals surface area (Å²) in [7, 11) is 0. The summed E-state index contributed by atoms with van der Waals surface area (Å²) < 4.78 is 6.43. The predicted octanol–water partition coefficient (Wildman–Crippen LogP) is 3.48. The minimum Gasteiger partial charge on any atom is -0.372 e. The monoisotopic (exact) mass is 342 g/mol. The lowest BCUT2D eigenvalue weighted by molar-refractivity contribution is -0.113. The van der Waals surface area contributed by atoms with Crippen LogP contribution >= 0.6 is 34.7 Å². The first-order valence-electron chi connectivity index (χ1n) is 6.69. The van der Waals surface area contributed by atoms with Crippen LogP contribution in [0.1, 0.15) is 18.7 Å². The highest BCUT2D eigenvalue weighted by Crippen LogP contribution is 2.33. The van der Waals surface area contributed by atoms with Crippen molar-refractivity contribution in [2.24, 2.45) is 4.99 Å². The van der Waals surface area contributed by atoms with Gasteiger partial charge in [-0.05, 0) is 43.8 Å². The van der Waals surface area contributed by atoms with Crippen LogP contribution in [0.15, 0.2) is 22.0 Å². The fourth-order valence-electron chi connectivity index (χ4n) is 2.40. The molecule has 4 nitrogen and oxygen atoms in total. The minimum atomic E-state index is -0.175. The Labute approximate surface area is 136 Å². The standard InChI is InChI=1S/C14H15ClN2O2S2/c1-8-6-17(7-9(2)19-8)14-16-13(18)11(21-14)5-10-3-4-12(15)20-10/h3-5,8-9H,6-7H2,1-2H3/b11-5+/t8-,9+. The maximum absolute atomic E-state index is 12.0. The summed E-state index contributed by atoms with van der Waals surface area (Å²) in [5.74, 6) is -0.175. The number of nitrogens with zero attached hydrogens (tertiary/aromatic N) is 2.